The number of aromatic nitrogens is 2. The van der Waals surface area contributed by atoms with Crippen molar-refractivity contribution in [2.24, 2.45) is 0 Å². The highest BCUT2D eigenvalue weighted by molar-refractivity contribution is 6.17. The molecule has 0 fully saturated rings. The predicted octanol–water partition coefficient (Wildman–Crippen LogP) is 10.8. The molecular formula is C40H27N3O. The number of aryl methyl sites for hydroxylation is 2. The molecule has 0 radical (unpaired) electrons. The Morgan fingerprint density at radius 2 is 1.11 bits per heavy atom. The fourth-order valence-electron chi connectivity index (χ4n) is 6.99. The van der Waals surface area contributed by atoms with Gasteiger partial charge in [-0.05, 0) is 89.0 Å². The Balaban J connectivity index is 1.11. The Kier molecular flexibility index (Phi) is 5.29. The molecule has 1 aliphatic heterocycles. The van der Waals surface area contributed by atoms with Gasteiger partial charge in [0.2, 0.25) is 0 Å². The lowest BCUT2D eigenvalue weighted by Crippen LogP contribution is -2.15. The Bertz CT molecular complexity index is 2230. The van der Waals surface area contributed by atoms with Crippen LogP contribution in [0.25, 0.3) is 55.5 Å². The van der Waals surface area contributed by atoms with E-state index < -0.39 is 0 Å². The van der Waals surface area contributed by atoms with E-state index in [4.69, 9.17) is 4.74 Å². The number of hydrogen-bond donors (Lipinski definition) is 0. The second-order valence-electron chi connectivity index (χ2n) is 11.5. The standard InChI is InChI=1S/C40H27N3O/c1-24-22-26(30-18-19-33-38-31(30)8-7-9-32(38)39-40(33)42-21-20-41-39)14-16-28(24)29-17-15-27(23-25(29)2)43-34-10-3-5-12-36(34)44-37-13-6-4-11-35(37)43/h3-23H,1-2H3. The minimum absolute atomic E-state index is 0.860. The number of para-hydroxylation sites is 4. The van der Waals surface area contributed by atoms with Crippen LogP contribution >= 0.6 is 0 Å². The lowest BCUT2D eigenvalue weighted by molar-refractivity contribution is 0.477. The Hall–Kier alpha value is -5.74. The van der Waals surface area contributed by atoms with Gasteiger partial charge >= 0.3 is 0 Å². The number of anilines is 3. The first kappa shape index (κ1) is 24.8. The number of rotatable bonds is 3. The first-order valence-corrected chi connectivity index (χ1v) is 14.9. The summed E-state index contributed by atoms with van der Waals surface area (Å²) >= 11 is 0. The highest BCUT2D eigenvalue weighted by Gasteiger charge is 2.27. The van der Waals surface area contributed by atoms with Crippen LogP contribution in [0.2, 0.25) is 0 Å². The quantitative estimate of drug-likeness (QED) is 0.214. The van der Waals surface area contributed by atoms with Crippen LogP contribution in [0, 0.1) is 13.8 Å². The number of hydrogen-bond acceptors (Lipinski definition) is 4. The summed E-state index contributed by atoms with van der Waals surface area (Å²) in [4.78, 5) is 11.6. The second kappa shape index (κ2) is 9.38. The smallest absolute Gasteiger partial charge is 0.151 e. The van der Waals surface area contributed by atoms with Crippen LogP contribution in [0.5, 0.6) is 11.5 Å². The van der Waals surface area contributed by atoms with Crippen LogP contribution in [-0.2, 0) is 0 Å². The number of nitrogens with zero attached hydrogens (tertiary/aromatic N) is 3. The zero-order valence-electron chi connectivity index (χ0n) is 24.4. The average molecular weight is 566 g/mol. The van der Waals surface area contributed by atoms with Crippen molar-refractivity contribution in [3.05, 3.63) is 139 Å². The molecule has 208 valence electrons. The zero-order valence-corrected chi connectivity index (χ0v) is 24.4. The van der Waals surface area contributed by atoms with Gasteiger partial charge < -0.3 is 9.64 Å². The molecule has 0 saturated carbocycles. The molecule has 0 saturated heterocycles. The summed E-state index contributed by atoms with van der Waals surface area (Å²) < 4.78 is 6.23. The molecule has 0 spiro atoms. The third-order valence-electron chi connectivity index (χ3n) is 8.98. The fraction of sp³-hybridized carbons (Fsp3) is 0.0500. The molecule has 0 atom stereocenters. The van der Waals surface area contributed by atoms with E-state index >= 15 is 0 Å². The monoisotopic (exact) mass is 565 g/mol. The Morgan fingerprint density at radius 1 is 0.523 bits per heavy atom. The maximum atomic E-state index is 6.23. The van der Waals surface area contributed by atoms with Crippen LogP contribution in [0.3, 0.4) is 0 Å². The average Bonchev–Trinajstić information content (AvgIpc) is 3.39. The minimum Gasteiger partial charge on any atom is -0.453 e. The zero-order chi connectivity index (χ0) is 29.4. The molecule has 9 rings (SSSR count). The summed E-state index contributed by atoms with van der Waals surface area (Å²) in [5.41, 5.74) is 14.9. The lowest BCUT2D eigenvalue weighted by Gasteiger charge is -2.33. The van der Waals surface area contributed by atoms with E-state index in [1.165, 1.54) is 44.2 Å². The second-order valence-corrected chi connectivity index (χ2v) is 11.5. The van der Waals surface area contributed by atoms with Crippen LogP contribution in [0.15, 0.2) is 128 Å². The van der Waals surface area contributed by atoms with Crippen molar-refractivity contribution in [1.29, 1.82) is 0 Å². The molecule has 2 heterocycles. The highest BCUT2D eigenvalue weighted by atomic mass is 16.5. The van der Waals surface area contributed by atoms with Gasteiger partial charge in [-0.3, -0.25) is 9.97 Å². The fourth-order valence-corrected chi connectivity index (χ4v) is 6.99. The molecule has 1 aliphatic carbocycles. The lowest BCUT2D eigenvalue weighted by atomic mass is 9.90. The van der Waals surface area contributed by atoms with Crippen LogP contribution < -0.4 is 9.64 Å². The van der Waals surface area contributed by atoms with Crippen molar-refractivity contribution in [1.82, 2.24) is 9.97 Å². The molecule has 4 nitrogen and oxygen atoms in total. The van der Waals surface area contributed by atoms with Gasteiger partial charge in [0.05, 0.1) is 22.8 Å². The van der Waals surface area contributed by atoms with E-state index in [9.17, 15) is 0 Å². The van der Waals surface area contributed by atoms with E-state index in [1.54, 1.807) is 12.4 Å². The Labute approximate surface area is 255 Å². The topological polar surface area (TPSA) is 38.2 Å². The normalized spacial score (nSPS) is 12.5. The highest BCUT2D eigenvalue weighted by Crippen LogP contribution is 2.51. The van der Waals surface area contributed by atoms with Gasteiger partial charge in [0.1, 0.15) is 0 Å². The molecule has 44 heavy (non-hydrogen) atoms. The van der Waals surface area contributed by atoms with Gasteiger partial charge in [-0.1, -0.05) is 78.9 Å². The van der Waals surface area contributed by atoms with Crippen LogP contribution in [0.4, 0.5) is 17.1 Å². The molecule has 4 heteroatoms. The first-order chi connectivity index (χ1) is 21.7. The van der Waals surface area contributed by atoms with Crippen molar-refractivity contribution in [2.75, 3.05) is 4.90 Å². The Morgan fingerprint density at radius 3 is 1.80 bits per heavy atom. The summed E-state index contributed by atoms with van der Waals surface area (Å²) in [6.07, 6.45) is 3.56. The van der Waals surface area contributed by atoms with Gasteiger partial charge in [0.25, 0.3) is 0 Å². The molecule has 0 bridgehead atoms. The molecular weight excluding hydrogens is 538 g/mol. The molecule has 6 aromatic carbocycles. The summed E-state index contributed by atoms with van der Waals surface area (Å²) in [5.74, 6) is 1.72. The van der Waals surface area contributed by atoms with Crippen LogP contribution in [0.1, 0.15) is 11.1 Å². The molecule has 2 aliphatic rings. The third-order valence-corrected chi connectivity index (χ3v) is 8.98. The number of fused-ring (bicyclic) bond motifs is 5. The molecule has 7 aromatic rings. The molecule has 1 aromatic heterocycles. The van der Waals surface area contributed by atoms with E-state index in [0.29, 0.717) is 0 Å². The van der Waals surface area contributed by atoms with Gasteiger partial charge in [-0.2, -0.15) is 0 Å². The maximum Gasteiger partial charge on any atom is 0.151 e. The van der Waals surface area contributed by atoms with Crippen molar-refractivity contribution >= 4 is 27.8 Å². The predicted molar refractivity (Wildman–Crippen MR) is 179 cm³/mol. The molecule has 0 amide bonds. The number of benzene rings is 6. The van der Waals surface area contributed by atoms with Gasteiger partial charge in [-0.15, -0.1) is 0 Å². The molecule has 0 unspecified atom stereocenters. The van der Waals surface area contributed by atoms with Crippen molar-refractivity contribution in [3.8, 4) is 56.3 Å². The largest absolute Gasteiger partial charge is 0.453 e. The van der Waals surface area contributed by atoms with Crippen molar-refractivity contribution in [3.63, 3.8) is 0 Å². The van der Waals surface area contributed by atoms with Crippen LogP contribution in [-0.4, -0.2) is 9.97 Å². The summed E-state index contributed by atoms with van der Waals surface area (Å²) in [7, 11) is 0. The van der Waals surface area contributed by atoms with Gasteiger partial charge in [0.15, 0.2) is 11.5 Å². The third kappa shape index (κ3) is 3.58. The minimum atomic E-state index is 0.860. The SMILES string of the molecule is Cc1cc(-c2ccc3c4c(cccc24)-c2nccnc2-3)ccc1-c1ccc(N2c3ccccc3Oc3ccccc32)cc1C. The summed E-state index contributed by atoms with van der Waals surface area (Å²) in [5, 5.41) is 2.48. The van der Waals surface area contributed by atoms with Gasteiger partial charge in [0, 0.05) is 34.6 Å². The summed E-state index contributed by atoms with van der Waals surface area (Å²) in [6, 6.07) is 41.0. The van der Waals surface area contributed by atoms with E-state index in [2.05, 4.69) is 120 Å². The number of ether oxygens (including phenoxy) is 1. The van der Waals surface area contributed by atoms with Gasteiger partial charge in [-0.25, -0.2) is 0 Å². The van der Waals surface area contributed by atoms with E-state index in [1.807, 2.05) is 24.3 Å². The summed E-state index contributed by atoms with van der Waals surface area (Å²) in [6.45, 7) is 4.41. The molecule has 0 N–H and O–H groups in total. The van der Waals surface area contributed by atoms with E-state index in [-0.39, 0.29) is 0 Å². The maximum absolute atomic E-state index is 6.23. The first-order valence-electron chi connectivity index (χ1n) is 14.9. The van der Waals surface area contributed by atoms with Crippen molar-refractivity contribution in [2.45, 2.75) is 13.8 Å². The van der Waals surface area contributed by atoms with E-state index in [0.717, 1.165) is 51.1 Å². The van der Waals surface area contributed by atoms with Crippen molar-refractivity contribution < 1.29 is 4.74 Å².